The molecule has 0 radical (unpaired) electrons. The van der Waals surface area contributed by atoms with E-state index in [-0.39, 0.29) is 17.3 Å². The van der Waals surface area contributed by atoms with Crippen molar-refractivity contribution in [1.29, 1.82) is 0 Å². The zero-order valence-corrected chi connectivity index (χ0v) is 9.63. The van der Waals surface area contributed by atoms with Crippen LogP contribution in [0.4, 0.5) is 0 Å². The third-order valence-corrected chi connectivity index (χ3v) is 2.67. The van der Waals surface area contributed by atoms with Crippen LogP contribution >= 0.6 is 0 Å². The van der Waals surface area contributed by atoms with E-state index in [1.165, 1.54) is 18.2 Å². The van der Waals surface area contributed by atoms with Crippen molar-refractivity contribution < 1.29 is 15.0 Å². The first-order valence-electron chi connectivity index (χ1n) is 5.42. The van der Waals surface area contributed by atoms with Crippen LogP contribution in [0.3, 0.4) is 0 Å². The summed E-state index contributed by atoms with van der Waals surface area (Å²) in [6.07, 6.45) is 1.18. The van der Waals surface area contributed by atoms with Crippen molar-refractivity contribution in [2.45, 2.75) is 0 Å². The Morgan fingerprint density at radius 1 is 1.00 bits per heavy atom. The Morgan fingerprint density at radius 2 is 1.67 bits per heavy atom. The molecular formula is C15H12O3. The number of hydrogen-bond donors (Lipinski definition) is 2. The molecule has 3 nitrogen and oxygen atoms in total. The molecule has 0 saturated carbocycles. The lowest BCUT2D eigenvalue weighted by molar-refractivity contribution is 0.104. The number of hydrogen-bond acceptors (Lipinski definition) is 3. The van der Waals surface area contributed by atoms with Crippen molar-refractivity contribution in [2.24, 2.45) is 0 Å². The Hall–Kier alpha value is -2.55. The molecule has 2 N–H and O–H groups in total. The van der Waals surface area contributed by atoms with Gasteiger partial charge in [-0.3, -0.25) is 4.79 Å². The summed E-state index contributed by atoms with van der Waals surface area (Å²) in [7, 11) is 0. The van der Waals surface area contributed by atoms with E-state index in [9.17, 15) is 15.0 Å². The second-order valence-electron chi connectivity index (χ2n) is 3.79. The van der Waals surface area contributed by atoms with Crippen LogP contribution in [0, 0.1) is 0 Å². The number of para-hydroxylation sites is 1. The fourth-order valence-electron chi connectivity index (χ4n) is 1.82. The normalized spacial score (nSPS) is 10.0. The molecule has 3 heteroatoms. The SMILES string of the molecule is C=CC(=O)c1cccc(O)c1-c1ccccc1O. The van der Waals surface area contributed by atoms with Gasteiger partial charge < -0.3 is 10.2 Å². The van der Waals surface area contributed by atoms with Crippen LogP contribution in [-0.4, -0.2) is 16.0 Å². The van der Waals surface area contributed by atoms with Crippen LogP contribution in [0.5, 0.6) is 11.5 Å². The number of carbonyl (C=O) groups is 1. The molecule has 0 amide bonds. The van der Waals surface area contributed by atoms with Crippen LogP contribution in [0.15, 0.2) is 55.1 Å². The summed E-state index contributed by atoms with van der Waals surface area (Å²) in [5.74, 6) is -0.342. The predicted octanol–water partition coefficient (Wildman–Crippen LogP) is 3.13. The van der Waals surface area contributed by atoms with E-state index >= 15 is 0 Å². The monoisotopic (exact) mass is 240 g/mol. The molecule has 0 heterocycles. The topological polar surface area (TPSA) is 57.5 Å². The average Bonchev–Trinajstić information content (AvgIpc) is 2.39. The fraction of sp³-hybridized carbons (Fsp3) is 0. The van der Waals surface area contributed by atoms with Crippen LogP contribution in [0.25, 0.3) is 11.1 Å². The molecule has 0 aliphatic rings. The van der Waals surface area contributed by atoms with Gasteiger partial charge >= 0.3 is 0 Å². The fourth-order valence-corrected chi connectivity index (χ4v) is 1.82. The summed E-state index contributed by atoms with van der Waals surface area (Å²) in [5, 5.41) is 19.7. The van der Waals surface area contributed by atoms with Gasteiger partial charge in [0.25, 0.3) is 0 Å². The zero-order valence-electron chi connectivity index (χ0n) is 9.63. The molecule has 0 saturated heterocycles. The highest BCUT2D eigenvalue weighted by molar-refractivity contribution is 6.10. The lowest BCUT2D eigenvalue weighted by Crippen LogP contribution is -1.97. The van der Waals surface area contributed by atoms with Gasteiger partial charge in [0.05, 0.1) is 0 Å². The summed E-state index contributed by atoms with van der Waals surface area (Å²) < 4.78 is 0. The van der Waals surface area contributed by atoms with Gasteiger partial charge in [-0.2, -0.15) is 0 Å². The molecule has 0 bridgehead atoms. The van der Waals surface area contributed by atoms with Gasteiger partial charge in [-0.05, 0) is 18.2 Å². The molecule has 90 valence electrons. The second-order valence-corrected chi connectivity index (χ2v) is 3.79. The quantitative estimate of drug-likeness (QED) is 0.640. The Balaban J connectivity index is 2.74. The first-order valence-corrected chi connectivity index (χ1v) is 5.42. The Bertz CT molecular complexity index is 615. The summed E-state index contributed by atoms with van der Waals surface area (Å²) in [5.41, 5.74) is 1.05. The van der Waals surface area contributed by atoms with E-state index in [1.54, 1.807) is 30.3 Å². The number of phenolic OH excluding ortho intramolecular Hbond substituents is 2. The molecule has 2 aromatic rings. The van der Waals surface area contributed by atoms with E-state index in [1.807, 2.05) is 0 Å². The van der Waals surface area contributed by atoms with Crippen LogP contribution < -0.4 is 0 Å². The van der Waals surface area contributed by atoms with Gasteiger partial charge in [-0.25, -0.2) is 0 Å². The summed E-state index contributed by atoms with van der Waals surface area (Å²) in [6.45, 7) is 3.43. The smallest absolute Gasteiger partial charge is 0.186 e. The minimum atomic E-state index is -0.302. The van der Waals surface area contributed by atoms with Gasteiger partial charge in [0, 0.05) is 16.7 Å². The van der Waals surface area contributed by atoms with Gasteiger partial charge in [-0.1, -0.05) is 36.9 Å². The van der Waals surface area contributed by atoms with Gasteiger partial charge in [0.2, 0.25) is 0 Å². The van der Waals surface area contributed by atoms with Crippen LogP contribution in [0.2, 0.25) is 0 Å². The minimum absolute atomic E-state index is 0.0112. The van der Waals surface area contributed by atoms with E-state index in [2.05, 4.69) is 6.58 Å². The highest BCUT2D eigenvalue weighted by atomic mass is 16.3. The molecule has 0 spiro atoms. The molecule has 0 atom stereocenters. The maximum Gasteiger partial charge on any atom is 0.186 e. The molecule has 0 unspecified atom stereocenters. The number of aromatic hydroxyl groups is 2. The summed E-state index contributed by atoms with van der Waals surface area (Å²) in [6, 6.07) is 11.2. The van der Waals surface area contributed by atoms with Crippen molar-refractivity contribution in [3.8, 4) is 22.6 Å². The maximum absolute atomic E-state index is 11.8. The molecule has 2 rings (SSSR count). The van der Waals surface area contributed by atoms with E-state index in [4.69, 9.17) is 0 Å². The number of allylic oxidation sites excluding steroid dienone is 1. The third kappa shape index (κ3) is 1.98. The molecular weight excluding hydrogens is 228 g/mol. The minimum Gasteiger partial charge on any atom is -0.507 e. The summed E-state index contributed by atoms with van der Waals surface area (Å²) in [4.78, 5) is 11.8. The van der Waals surface area contributed by atoms with Gasteiger partial charge in [0.1, 0.15) is 11.5 Å². The van der Waals surface area contributed by atoms with Crippen molar-refractivity contribution in [2.75, 3.05) is 0 Å². The van der Waals surface area contributed by atoms with Gasteiger partial charge in [0.15, 0.2) is 5.78 Å². The standard InChI is InChI=1S/C15H12O3/c1-2-12(16)10-7-5-9-14(18)15(10)11-6-3-4-8-13(11)17/h2-9,17-18H,1H2. The van der Waals surface area contributed by atoms with Crippen LogP contribution in [0.1, 0.15) is 10.4 Å². The summed E-state index contributed by atoms with van der Waals surface area (Å²) >= 11 is 0. The highest BCUT2D eigenvalue weighted by Crippen LogP contribution is 2.37. The third-order valence-electron chi connectivity index (χ3n) is 2.67. The average molecular weight is 240 g/mol. The molecule has 0 fully saturated rings. The van der Waals surface area contributed by atoms with Crippen molar-refractivity contribution in [3.05, 3.63) is 60.7 Å². The Morgan fingerprint density at radius 3 is 2.33 bits per heavy atom. The molecule has 0 aliphatic heterocycles. The van der Waals surface area contributed by atoms with Crippen molar-refractivity contribution >= 4 is 5.78 Å². The first-order chi connectivity index (χ1) is 8.65. The number of benzene rings is 2. The van der Waals surface area contributed by atoms with Crippen molar-refractivity contribution in [3.63, 3.8) is 0 Å². The first kappa shape index (κ1) is 11.9. The Kier molecular flexibility index (Phi) is 3.15. The molecule has 0 aromatic heterocycles. The van der Waals surface area contributed by atoms with Gasteiger partial charge in [-0.15, -0.1) is 0 Å². The maximum atomic E-state index is 11.8. The number of rotatable bonds is 3. The van der Waals surface area contributed by atoms with E-state index in [0.29, 0.717) is 16.7 Å². The zero-order chi connectivity index (χ0) is 13.1. The Labute approximate surface area is 105 Å². The van der Waals surface area contributed by atoms with E-state index in [0.717, 1.165) is 0 Å². The lowest BCUT2D eigenvalue weighted by Gasteiger charge is -2.11. The number of ketones is 1. The lowest BCUT2D eigenvalue weighted by atomic mass is 9.95. The number of phenols is 2. The molecule has 18 heavy (non-hydrogen) atoms. The molecule has 0 aliphatic carbocycles. The van der Waals surface area contributed by atoms with E-state index < -0.39 is 0 Å². The number of carbonyl (C=O) groups excluding carboxylic acids is 1. The predicted molar refractivity (Wildman–Crippen MR) is 69.7 cm³/mol. The van der Waals surface area contributed by atoms with Crippen LogP contribution in [-0.2, 0) is 0 Å². The van der Waals surface area contributed by atoms with Crippen molar-refractivity contribution in [1.82, 2.24) is 0 Å². The second kappa shape index (κ2) is 4.75. The molecule has 2 aromatic carbocycles. The largest absolute Gasteiger partial charge is 0.507 e. The highest BCUT2D eigenvalue weighted by Gasteiger charge is 2.16.